The van der Waals surface area contributed by atoms with Gasteiger partial charge in [0.1, 0.15) is 17.3 Å². The van der Waals surface area contributed by atoms with E-state index in [1.165, 1.54) is 17.8 Å². The summed E-state index contributed by atoms with van der Waals surface area (Å²) in [5.74, 6) is 0.296. The molecule has 3 aromatic heterocycles. The van der Waals surface area contributed by atoms with Gasteiger partial charge in [-0.2, -0.15) is 0 Å². The molecule has 0 unspecified atom stereocenters. The molecule has 5 rings (SSSR count). The Hall–Kier alpha value is -3.78. The molecule has 1 saturated heterocycles. The maximum atomic E-state index is 14.6. The van der Waals surface area contributed by atoms with Gasteiger partial charge in [-0.25, -0.2) is 14.4 Å². The number of hydrogen-bond donors (Lipinski definition) is 1. The third kappa shape index (κ3) is 4.56. The highest BCUT2D eigenvalue weighted by Crippen LogP contribution is 2.33. The van der Waals surface area contributed by atoms with E-state index >= 15 is 0 Å². The molecule has 1 aliphatic rings. The first-order valence-electron chi connectivity index (χ1n) is 12.2. The van der Waals surface area contributed by atoms with Gasteiger partial charge in [-0.15, -0.1) is 0 Å². The van der Waals surface area contributed by atoms with Crippen molar-refractivity contribution in [3.8, 4) is 11.1 Å². The van der Waals surface area contributed by atoms with Crippen molar-refractivity contribution in [2.75, 3.05) is 32.9 Å². The van der Waals surface area contributed by atoms with Crippen LogP contribution in [0.2, 0.25) is 0 Å². The number of hydrogen-bond acceptors (Lipinski definition) is 5. The van der Waals surface area contributed by atoms with Gasteiger partial charge in [0.25, 0.3) is 5.91 Å². The molecule has 36 heavy (non-hydrogen) atoms. The molecule has 4 heterocycles. The monoisotopic (exact) mass is 486 g/mol. The van der Waals surface area contributed by atoms with Gasteiger partial charge >= 0.3 is 0 Å². The zero-order chi connectivity index (χ0) is 25.4. The summed E-state index contributed by atoms with van der Waals surface area (Å²) in [7, 11) is 5.55. The molecule has 0 aliphatic carbocycles. The van der Waals surface area contributed by atoms with Crippen LogP contribution in [0.4, 0.5) is 10.2 Å². The Bertz CT molecular complexity index is 1400. The van der Waals surface area contributed by atoms with Gasteiger partial charge in [0.05, 0.1) is 0 Å². The summed E-state index contributed by atoms with van der Waals surface area (Å²) in [6, 6.07) is 13.3. The van der Waals surface area contributed by atoms with E-state index in [0.29, 0.717) is 11.5 Å². The molecule has 4 aromatic rings. The minimum absolute atomic E-state index is 0.0272. The number of nitrogens with zero attached hydrogens (tertiary/aromatic N) is 5. The van der Waals surface area contributed by atoms with E-state index in [-0.39, 0.29) is 17.5 Å². The predicted octanol–water partition coefficient (Wildman–Crippen LogP) is 4.44. The number of carbonyl (C=O) groups is 1. The molecular weight excluding hydrogens is 455 g/mol. The van der Waals surface area contributed by atoms with E-state index in [4.69, 9.17) is 5.73 Å². The quantitative estimate of drug-likeness (QED) is 0.451. The van der Waals surface area contributed by atoms with Crippen molar-refractivity contribution in [3.05, 3.63) is 77.5 Å². The first kappa shape index (κ1) is 23.9. The van der Waals surface area contributed by atoms with Crippen molar-refractivity contribution >= 4 is 22.8 Å². The van der Waals surface area contributed by atoms with Gasteiger partial charge in [-0.1, -0.05) is 12.1 Å². The molecule has 1 aromatic carbocycles. The number of halogens is 1. The van der Waals surface area contributed by atoms with Crippen molar-refractivity contribution < 1.29 is 9.18 Å². The highest BCUT2D eigenvalue weighted by molar-refractivity contribution is 5.94. The lowest BCUT2D eigenvalue weighted by molar-refractivity contribution is 0.0827. The zero-order valence-electron chi connectivity index (χ0n) is 20.9. The van der Waals surface area contributed by atoms with Crippen LogP contribution in [-0.4, -0.2) is 57.4 Å². The molecule has 186 valence electrons. The number of rotatable bonds is 5. The SMILES string of the molecule is CN(C)C(=O)c1ccc(C2CCN(Cc3cc4c(-c5cnc(N)cc5F)ccnc4n3C)CC2)cc1. The van der Waals surface area contributed by atoms with E-state index in [1.807, 2.05) is 25.2 Å². The number of piperidine rings is 1. The van der Waals surface area contributed by atoms with E-state index < -0.39 is 0 Å². The van der Waals surface area contributed by atoms with Crippen LogP contribution in [0, 0.1) is 5.82 Å². The molecule has 1 aliphatic heterocycles. The van der Waals surface area contributed by atoms with Crippen molar-refractivity contribution in [2.24, 2.45) is 7.05 Å². The van der Waals surface area contributed by atoms with E-state index in [9.17, 15) is 9.18 Å². The topological polar surface area (TPSA) is 80.3 Å². The Kier molecular flexibility index (Phi) is 6.45. The molecule has 0 bridgehead atoms. The van der Waals surface area contributed by atoms with Crippen molar-refractivity contribution in [2.45, 2.75) is 25.3 Å². The second-order valence-corrected chi connectivity index (χ2v) is 9.75. The Balaban J connectivity index is 1.30. The Labute approximate surface area is 210 Å². The smallest absolute Gasteiger partial charge is 0.253 e. The second kappa shape index (κ2) is 9.70. The molecule has 0 spiro atoms. The third-order valence-electron chi connectivity index (χ3n) is 7.20. The van der Waals surface area contributed by atoms with Crippen molar-refractivity contribution in [3.63, 3.8) is 0 Å². The van der Waals surface area contributed by atoms with Crippen molar-refractivity contribution in [1.82, 2.24) is 24.3 Å². The fourth-order valence-electron chi connectivity index (χ4n) is 5.11. The molecule has 0 radical (unpaired) electrons. The lowest BCUT2D eigenvalue weighted by Crippen LogP contribution is -2.33. The van der Waals surface area contributed by atoms with E-state index in [1.54, 1.807) is 25.2 Å². The zero-order valence-corrected chi connectivity index (χ0v) is 20.9. The molecule has 0 atom stereocenters. The molecule has 0 saturated carbocycles. The summed E-state index contributed by atoms with van der Waals surface area (Å²) in [6.45, 7) is 2.78. The largest absolute Gasteiger partial charge is 0.384 e. The molecule has 8 heteroatoms. The molecule has 7 nitrogen and oxygen atoms in total. The highest BCUT2D eigenvalue weighted by Gasteiger charge is 2.23. The van der Waals surface area contributed by atoms with Crippen LogP contribution in [-0.2, 0) is 13.6 Å². The Morgan fingerprint density at radius 1 is 1.08 bits per heavy atom. The number of aromatic nitrogens is 3. The van der Waals surface area contributed by atoms with Gasteiger partial charge in [-0.05, 0) is 67.2 Å². The number of anilines is 1. The van der Waals surface area contributed by atoms with Gasteiger partial charge in [0.2, 0.25) is 0 Å². The predicted molar refractivity (Wildman–Crippen MR) is 140 cm³/mol. The third-order valence-corrected chi connectivity index (χ3v) is 7.20. The number of pyridine rings is 2. The Morgan fingerprint density at radius 3 is 2.47 bits per heavy atom. The first-order valence-corrected chi connectivity index (χ1v) is 12.2. The number of nitrogens with two attached hydrogens (primary N) is 1. The number of aryl methyl sites for hydroxylation is 1. The fourth-order valence-corrected chi connectivity index (χ4v) is 5.11. The van der Waals surface area contributed by atoms with Gasteiger partial charge in [-0.3, -0.25) is 9.69 Å². The van der Waals surface area contributed by atoms with Crippen LogP contribution in [0.25, 0.3) is 22.2 Å². The summed E-state index contributed by atoms with van der Waals surface area (Å²) in [5.41, 5.74) is 10.8. The lowest BCUT2D eigenvalue weighted by atomic mass is 9.89. The lowest BCUT2D eigenvalue weighted by Gasteiger charge is -2.32. The maximum Gasteiger partial charge on any atom is 0.253 e. The average molecular weight is 487 g/mol. The Morgan fingerprint density at radius 2 is 1.81 bits per heavy atom. The minimum Gasteiger partial charge on any atom is -0.384 e. The van der Waals surface area contributed by atoms with Gasteiger partial charge in [0, 0.05) is 68.4 Å². The molecule has 2 N–H and O–H groups in total. The van der Waals surface area contributed by atoms with Crippen molar-refractivity contribution in [1.29, 1.82) is 0 Å². The standard InChI is InChI=1S/C28H31FN6O/c1-33(2)28(36)20-6-4-18(5-7-20)19-9-12-35(13-10-19)17-21-14-23-22(8-11-31-27(23)34(21)3)24-16-32-26(30)15-25(24)29/h4-8,11,14-16,19H,9-10,12-13,17H2,1-3H3,(H2,30,32). The normalized spacial score (nSPS) is 14.9. The number of carbonyl (C=O) groups excluding carboxylic acids is 1. The van der Waals surface area contributed by atoms with E-state index in [0.717, 1.165) is 60.3 Å². The summed E-state index contributed by atoms with van der Waals surface area (Å²) in [5, 5.41) is 0.905. The minimum atomic E-state index is -0.387. The summed E-state index contributed by atoms with van der Waals surface area (Å²) in [4.78, 5) is 24.9. The fraction of sp³-hybridized carbons (Fsp3) is 0.321. The molecular formula is C28H31FN6O. The summed E-state index contributed by atoms with van der Waals surface area (Å²) < 4.78 is 16.7. The summed E-state index contributed by atoms with van der Waals surface area (Å²) in [6.07, 6.45) is 5.33. The van der Waals surface area contributed by atoms with Crippen LogP contribution < -0.4 is 5.73 Å². The van der Waals surface area contributed by atoms with Crippen LogP contribution in [0.15, 0.2) is 54.9 Å². The average Bonchev–Trinajstić information content (AvgIpc) is 3.19. The number of amides is 1. The van der Waals surface area contributed by atoms with Gasteiger partial charge in [0.15, 0.2) is 0 Å². The molecule has 1 amide bonds. The molecule has 1 fully saturated rings. The van der Waals surface area contributed by atoms with Crippen LogP contribution >= 0.6 is 0 Å². The highest BCUT2D eigenvalue weighted by atomic mass is 19.1. The van der Waals surface area contributed by atoms with Crippen LogP contribution in [0.1, 0.15) is 40.4 Å². The van der Waals surface area contributed by atoms with Crippen LogP contribution in [0.5, 0.6) is 0 Å². The van der Waals surface area contributed by atoms with Crippen LogP contribution in [0.3, 0.4) is 0 Å². The maximum absolute atomic E-state index is 14.6. The second-order valence-electron chi connectivity index (χ2n) is 9.75. The van der Waals surface area contributed by atoms with E-state index in [2.05, 4.69) is 37.6 Å². The summed E-state index contributed by atoms with van der Waals surface area (Å²) >= 11 is 0. The number of nitrogen functional groups attached to an aromatic ring is 1. The van der Waals surface area contributed by atoms with Gasteiger partial charge < -0.3 is 15.2 Å². The first-order chi connectivity index (χ1) is 17.3. The number of benzene rings is 1. The number of likely N-dealkylation sites (tertiary alicyclic amines) is 1. The number of fused-ring (bicyclic) bond motifs is 1.